The molecule has 0 spiro atoms. The topological polar surface area (TPSA) is 134 Å². The Labute approximate surface area is 323 Å². The quantitative estimate of drug-likeness (QED) is 0.0272. The maximum atomic E-state index is 12.6. The van der Waals surface area contributed by atoms with Gasteiger partial charge >= 0.3 is 19.8 Å². The van der Waals surface area contributed by atoms with Gasteiger partial charge in [0.2, 0.25) is 0 Å². The molecule has 0 heterocycles. The predicted octanol–water partition coefficient (Wildman–Crippen LogP) is 11.7. The van der Waals surface area contributed by atoms with Gasteiger partial charge in [0.1, 0.15) is 6.61 Å². The second-order valence-corrected chi connectivity index (χ2v) is 14.9. The van der Waals surface area contributed by atoms with Gasteiger partial charge in [-0.1, -0.05) is 132 Å². The molecule has 2 atom stereocenters. The molecule has 53 heavy (non-hydrogen) atoms. The summed E-state index contributed by atoms with van der Waals surface area (Å²) in [4.78, 5) is 34.8. The first kappa shape index (κ1) is 50.7. The standard InChI is InChI=1S/C43H76NO8P/c1-3-5-7-9-11-13-15-17-19-20-22-24-26-28-30-32-34-36-43(46)52-41(40-51-53(47,48)50-38-37-44)39-49-42(45)35-33-31-29-27-25-23-21-18-16-14-12-10-8-6-4-2/h11-14,17-19,21-22,24,41H,3-10,15-16,20,23,25-40,44H2,1-2H3,(H,47,48)/t41-/m1/s1. The van der Waals surface area contributed by atoms with Crippen LogP contribution < -0.4 is 5.73 Å². The summed E-state index contributed by atoms with van der Waals surface area (Å²) < 4.78 is 32.7. The second-order valence-electron chi connectivity index (χ2n) is 13.5. The maximum absolute atomic E-state index is 12.6. The fourth-order valence-electron chi connectivity index (χ4n) is 5.26. The lowest BCUT2D eigenvalue weighted by atomic mass is 10.1. The van der Waals surface area contributed by atoms with Gasteiger partial charge < -0.3 is 20.1 Å². The van der Waals surface area contributed by atoms with E-state index in [0.717, 1.165) is 77.0 Å². The van der Waals surface area contributed by atoms with E-state index >= 15 is 0 Å². The van der Waals surface area contributed by atoms with Crippen LogP contribution in [0.5, 0.6) is 0 Å². The number of hydrogen-bond donors (Lipinski definition) is 2. The summed E-state index contributed by atoms with van der Waals surface area (Å²) in [6.07, 6.45) is 45.3. The van der Waals surface area contributed by atoms with Crippen molar-refractivity contribution < 1.29 is 37.6 Å². The van der Waals surface area contributed by atoms with Crippen LogP contribution in [0, 0.1) is 0 Å². The van der Waals surface area contributed by atoms with Crippen LogP contribution in [0.2, 0.25) is 0 Å². The molecule has 0 aromatic carbocycles. The van der Waals surface area contributed by atoms with Gasteiger partial charge in [0.15, 0.2) is 6.10 Å². The van der Waals surface area contributed by atoms with Crippen LogP contribution in [0.1, 0.15) is 168 Å². The Morgan fingerprint density at radius 3 is 1.45 bits per heavy atom. The zero-order valence-electron chi connectivity index (χ0n) is 33.5. The molecule has 0 saturated heterocycles. The van der Waals surface area contributed by atoms with Crippen LogP contribution >= 0.6 is 7.82 Å². The molecular formula is C43H76NO8P. The molecule has 0 fully saturated rings. The minimum atomic E-state index is -4.39. The van der Waals surface area contributed by atoms with E-state index in [9.17, 15) is 19.0 Å². The van der Waals surface area contributed by atoms with E-state index in [-0.39, 0.29) is 32.6 Å². The minimum Gasteiger partial charge on any atom is -0.462 e. The Balaban J connectivity index is 4.27. The highest BCUT2D eigenvalue weighted by Gasteiger charge is 2.25. The lowest BCUT2D eigenvalue weighted by Crippen LogP contribution is -2.29. The molecular weight excluding hydrogens is 689 g/mol. The molecule has 10 heteroatoms. The van der Waals surface area contributed by atoms with Crippen LogP contribution in [-0.2, 0) is 32.7 Å². The second kappa shape index (κ2) is 39.4. The highest BCUT2D eigenvalue weighted by molar-refractivity contribution is 7.47. The Morgan fingerprint density at radius 2 is 0.981 bits per heavy atom. The summed E-state index contributed by atoms with van der Waals surface area (Å²) >= 11 is 0. The Bertz CT molecular complexity index is 1050. The van der Waals surface area contributed by atoms with Gasteiger partial charge in [0.25, 0.3) is 0 Å². The van der Waals surface area contributed by atoms with Crippen LogP contribution in [0.4, 0.5) is 0 Å². The van der Waals surface area contributed by atoms with Crippen LogP contribution in [0.15, 0.2) is 60.8 Å². The first-order valence-electron chi connectivity index (χ1n) is 20.8. The molecule has 0 rings (SSSR count). The van der Waals surface area contributed by atoms with Gasteiger partial charge in [0, 0.05) is 19.4 Å². The molecule has 9 nitrogen and oxygen atoms in total. The molecule has 0 amide bonds. The first-order valence-corrected chi connectivity index (χ1v) is 22.3. The molecule has 0 aliphatic rings. The van der Waals surface area contributed by atoms with Crippen molar-refractivity contribution in [1.82, 2.24) is 0 Å². The van der Waals surface area contributed by atoms with Crippen molar-refractivity contribution in [3.8, 4) is 0 Å². The van der Waals surface area contributed by atoms with E-state index in [1.54, 1.807) is 0 Å². The molecule has 0 bridgehead atoms. The molecule has 3 N–H and O–H groups in total. The summed E-state index contributed by atoms with van der Waals surface area (Å²) in [6, 6.07) is 0. The Kier molecular flexibility index (Phi) is 37.7. The number of ether oxygens (including phenoxy) is 2. The summed E-state index contributed by atoms with van der Waals surface area (Å²) in [5, 5.41) is 0. The number of rotatable bonds is 38. The van der Waals surface area contributed by atoms with E-state index in [4.69, 9.17) is 24.3 Å². The third-order valence-corrected chi connectivity index (χ3v) is 9.36. The average molecular weight is 766 g/mol. The lowest BCUT2D eigenvalue weighted by molar-refractivity contribution is -0.161. The van der Waals surface area contributed by atoms with E-state index in [2.05, 4.69) is 74.6 Å². The number of carbonyl (C=O) groups excluding carboxylic acids is 2. The van der Waals surface area contributed by atoms with Gasteiger partial charge in [-0.15, -0.1) is 0 Å². The molecule has 306 valence electrons. The number of hydrogen-bond acceptors (Lipinski definition) is 8. The number of esters is 2. The van der Waals surface area contributed by atoms with E-state index in [1.807, 2.05) is 0 Å². The Hall–Kier alpha value is -2.29. The van der Waals surface area contributed by atoms with Crippen LogP contribution in [-0.4, -0.2) is 49.3 Å². The van der Waals surface area contributed by atoms with Gasteiger partial charge in [-0.05, 0) is 83.5 Å². The highest BCUT2D eigenvalue weighted by atomic mass is 31.2. The number of carbonyl (C=O) groups is 2. The number of phosphoric ester groups is 1. The number of phosphoric acid groups is 1. The number of unbranched alkanes of at least 4 members (excludes halogenated alkanes) is 15. The average Bonchev–Trinajstić information content (AvgIpc) is 3.14. The molecule has 0 radical (unpaired) electrons. The first-order chi connectivity index (χ1) is 25.8. The summed E-state index contributed by atoms with van der Waals surface area (Å²) in [5.74, 6) is -0.875. The fourth-order valence-corrected chi connectivity index (χ4v) is 6.02. The van der Waals surface area contributed by atoms with Crippen molar-refractivity contribution in [3.63, 3.8) is 0 Å². The molecule has 0 aromatic heterocycles. The maximum Gasteiger partial charge on any atom is 0.472 e. The largest absolute Gasteiger partial charge is 0.472 e. The number of nitrogens with two attached hydrogens (primary N) is 1. The van der Waals surface area contributed by atoms with Crippen molar-refractivity contribution >= 4 is 19.8 Å². The number of allylic oxidation sites excluding steroid dienone is 10. The zero-order chi connectivity index (χ0) is 38.9. The SMILES string of the molecule is CCCCCC=CCC=CCC=CCCCCCCC(=O)O[C@H](COC(=O)CCCCCCCC=CCC=CCCCCC)COP(=O)(O)OCCN. The summed E-state index contributed by atoms with van der Waals surface area (Å²) in [6.45, 7) is 3.62. The molecule has 1 unspecified atom stereocenters. The van der Waals surface area contributed by atoms with Crippen molar-refractivity contribution in [1.29, 1.82) is 0 Å². The van der Waals surface area contributed by atoms with E-state index in [0.29, 0.717) is 12.8 Å². The molecule has 0 aliphatic carbocycles. The van der Waals surface area contributed by atoms with Gasteiger partial charge in [-0.25, -0.2) is 4.57 Å². The normalized spacial score (nSPS) is 14.0. The Morgan fingerprint density at radius 1 is 0.566 bits per heavy atom. The monoisotopic (exact) mass is 766 g/mol. The smallest absolute Gasteiger partial charge is 0.462 e. The molecule has 0 saturated carbocycles. The highest BCUT2D eigenvalue weighted by Crippen LogP contribution is 2.43. The minimum absolute atomic E-state index is 0.0447. The third-order valence-electron chi connectivity index (χ3n) is 8.38. The lowest BCUT2D eigenvalue weighted by Gasteiger charge is -2.19. The summed E-state index contributed by atoms with van der Waals surface area (Å²) in [7, 11) is -4.39. The van der Waals surface area contributed by atoms with Crippen molar-refractivity contribution in [2.75, 3.05) is 26.4 Å². The van der Waals surface area contributed by atoms with Crippen LogP contribution in [0.3, 0.4) is 0 Å². The predicted molar refractivity (Wildman–Crippen MR) is 219 cm³/mol. The summed E-state index contributed by atoms with van der Waals surface area (Å²) in [5.41, 5.74) is 5.34. The molecule has 0 aromatic rings. The van der Waals surface area contributed by atoms with Crippen LogP contribution in [0.25, 0.3) is 0 Å². The van der Waals surface area contributed by atoms with Crippen molar-refractivity contribution in [2.45, 2.75) is 174 Å². The van der Waals surface area contributed by atoms with Gasteiger partial charge in [-0.2, -0.15) is 0 Å². The van der Waals surface area contributed by atoms with E-state index < -0.39 is 32.5 Å². The van der Waals surface area contributed by atoms with Gasteiger partial charge in [0.05, 0.1) is 13.2 Å². The van der Waals surface area contributed by atoms with Crippen molar-refractivity contribution in [3.05, 3.63) is 60.8 Å². The third kappa shape index (κ3) is 39.2. The zero-order valence-corrected chi connectivity index (χ0v) is 34.4. The fraction of sp³-hybridized carbons (Fsp3) is 0.721. The van der Waals surface area contributed by atoms with Gasteiger partial charge in [-0.3, -0.25) is 18.6 Å². The van der Waals surface area contributed by atoms with Crippen molar-refractivity contribution in [2.24, 2.45) is 5.73 Å². The van der Waals surface area contributed by atoms with E-state index in [1.165, 1.54) is 51.4 Å². The molecule has 0 aliphatic heterocycles.